The fourth-order valence-electron chi connectivity index (χ4n) is 1.10. The van der Waals surface area contributed by atoms with Gasteiger partial charge in [0.1, 0.15) is 0 Å². The third-order valence-electron chi connectivity index (χ3n) is 1.92. The molecule has 0 bridgehead atoms. The first-order valence-corrected chi connectivity index (χ1v) is 4.93. The number of carbonyl (C=O) groups is 1. The molecule has 1 rings (SSSR count). The van der Waals surface area contributed by atoms with Crippen LogP contribution in [0.2, 0.25) is 0 Å². The summed E-state index contributed by atoms with van der Waals surface area (Å²) in [4.78, 5) is 15.2. The molecular formula is C10H16N4O2. The van der Waals surface area contributed by atoms with E-state index < -0.39 is 0 Å². The lowest BCUT2D eigenvalue weighted by Crippen LogP contribution is -2.32. The molecular weight excluding hydrogens is 208 g/mol. The normalized spacial score (nSPS) is 9.81. The number of nitrogen functional groups attached to an aromatic ring is 1. The molecule has 1 heterocycles. The van der Waals surface area contributed by atoms with Crippen LogP contribution < -0.4 is 16.4 Å². The van der Waals surface area contributed by atoms with Gasteiger partial charge in [-0.1, -0.05) is 0 Å². The summed E-state index contributed by atoms with van der Waals surface area (Å²) in [6.45, 7) is 1.18. The van der Waals surface area contributed by atoms with E-state index in [-0.39, 0.29) is 12.5 Å². The smallest absolute Gasteiger partial charge is 0.239 e. The molecule has 88 valence electrons. The fraction of sp³-hybridized carbons (Fsp3) is 0.400. The molecule has 0 aliphatic carbocycles. The summed E-state index contributed by atoms with van der Waals surface area (Å²) in [5, 5.41) is 5.61. The fourth-order valence-corrected chi connectivity index (χ4v) is 1.10. The standard InChI is InChI=1S/C10H16N4O2/c1-16-5-4-13-10(15)7-14-9-2-3-12-6-8(9)11/h2-3,6H,4-5,7,11H2,1H3,(H,12,14)(H,13,15). The number of nitrogens with one attached hydrogen (secondary N) is 2. The predicted octanol–water partition coefficient (Wildman–Crippen LogP) is -0.162. The number of methoxy groups -OCH3 is 1. The zero-order chi connectivity index (χ0) is 11.8. The molecule has 4 N–H and O–H groups in total. The number of pyridine rings is 1. The van der Waals surface area contributed by atoms with Crippen molar-refractivity contribution in [1.29, 1.82) is 0 Å². The molecule has 0 atom stereocenters. The van der Waals surface area contributed by atoms with Gasteiger partial charge in [-0.3, -0.25) is 9.78 Å². The second-order valence-corrected chi connectivity index (χ2v) is 3.16. The average Bonchev–Trinajstić information content (AvgIpc) is 2.28. The van der Waals surface area contributed by atoms with Gasteiger partial charge in [0, 0.05) is 19.9 Å². The van der Waals surface area contributed by atoms with E-state index in [0.29, 0.717) is 24.5 Å². The minimum Gasteiger partial charge on any atom is -0.396 e. The Labute approximate surface area is 94.2 Å². The molecule has 0 unspecified atom stereocenters. The molecule has 0 spiro atoms. The van der Waals surface area contributed by atoms with Crippen LogP contribution in [-0.2, 0) is 9.53 Å². The predicted molar refractivity (Wildman–Crippen MR) is 62.0 cm³/mol. The average molecular weight is 224 g/mol. The highest BCUT2D eigenvalue weighted by atomic mass is 16.5. The molecule has 0 radical (unpaired) electrons. The van der Waals surface area contributed by atoms with Crippen molar-refractivity contribution in [2.45, 2.75) is 0 Å². The van der Waals surface area contributed by atoms with Crippen LogP contribution in [0.5, 0.6) is 0 Å². The maximum Gasteiger partial charge on any atom is 0.239 e. The van der Waals surface area contributed by atoms with Gasteiger partial charge >= 0.3 is 0 Å². The zero-order valence-electron chi connectivity index (χ0n) is 9.19. The van der Waals surface area contributed by atoms with Gasteiger partial charge in [-0.25, -0.2) is 0 Å². The van der Waals surface area contributed by atoms with Crippen molar-refractivity contribution < 1.29 is 9.53 Å². The molecule has 0 aliphatic rings. The summed E-state index contributed by atoms with van der Waals surface area (Å²) >= 11 is 0. The number of amides is 1. The molecule has 6 nitrogen and oxygen atoms in total. The topological polar surface area (TPSA) is 89.3 Å². The summed E-state index contributed by atoms with van der Waals surface area (Å²) in [6.07, 6.45) is 3.15. The Morgan fingerprint density at radius 2 is 2.44 bits per heavy atom. The van der Waals surface area contributed by atoms with Crippen molar-refractivity contribution in [3.05, 3.63) is 18.5 Å². The zero-order valence-corrected chi connectivity index (χ0v) is 9.19. The molecule has 0 fully saturated rings. The summed E-state index contributed by atoms with van der Waals surface area (Å²) in [5.74, 6) is -0.103. The van der Waals surface area contributed by atoms with Crippen LogP contribution in [0.25, 0.3) is 0 Å². The van der Waals surface area contributed by atoms with E-state index in [4.69, 9.17) is 10.5 Å². The third-order valence-corrected chi connectivity index (χ3v) is 1.92. The van der Waals surface area contributed by atoms with Gasteiger partial charge < -0.3 is 21.1 Å². The highest BCUT2D eigenvalue weighted by molar-refractivity contribution is 5.81. The number of hydrogen-bond donors (Lipinski definition) is 3. The number of aromatic nitrogens is 1. The van der Waals surface area contributed by atoms with E-state index in [9.17, 15) is 4.79 Å². The number of carbonyl (C=O) groups excluding carboxylic acids is 1. The molecule has 1 aromatic rings. The van der Waals surface area contributed by atoms with Gasteiger partial charge in [0.25, 0.3) is 0 Å². The van der Waals surface area contributed by atoms with Gasteiger partial charge in [-0.15, -0.1) is 0 Å². The highest BCUT2D eigenvalue weighted by Gasteiger charge is 2.02. The number of anilines is 2. The Balaban J connectivity index is 2.29. The van der Waals surface area contributed by atoms with Crippen LogP contribution in [0.4, 0.5) is 11.4 Å². The van der Waals surface area contributed by atoms with Crippen molar-refractivity contribution in [3.63, 3.8) is 0 Å². The van der Waals surface area contributed by atoms with Crippen molar-refractivity contribution in [3.8, 4) is 0 Å². The molecule has 0 saturated heterocycles. The number of nitrogens with two attached hydrogens (primary N) is 1. The van der Waals surface area contributed by atoms with E-state index in [0.717, 1.165) is 0 Å². The second-order valence-electron chi connectivity index (χ2n) is 3.16. The summed E-state index contributed by atoms with van der Waals surface area (Å²) < 4.78 is 4.81. The Hall–Kier alpha value is -1.82. The SMILES string of the molecule is COCCNC(=O)CNc1ccncc1N. The molecule has 16 heavy (non-hydrogen) atoms. The second kappa shape index (κ2) is 6.62. The lowest BCUT2D eigenvalue weighted by atomic mass is 10.3. The maximum atomic E-state index is 11.3. The van der Waals surface area contributed by atoms with E-state index >= 15 is 0 Å². The van der Waals surface area contributed by atoms with Crippen LogP contribution >= 0.6 is 0 Å². The Bertz CT molecular complexity index is 343. The largest absolute Gasteiger partial charge is 0.396 e. The number of hydrogen-bond acceptors (Lipinski definition) is 5. The summed E-state index contributed by atoms with van der Waals surface area (Å²) in [7, 11) is 1.59. The van der Waals surface area contributed by atoms with Crippen LogP contribution in [0, 0.1) is 0 Å². The molecule has 6 heteroatoms. The first-order valence-electron chi connectivity index (χ1n) is 4.93. The minimum atomic E-state index is -0.103. The van der Waals surface area contributed by atoms with E-state index in [2.05, 4.69) is 15.6 Å². The van der Waals surface area contributed by atoms with Crippen molar-refractivity contribution in [2.24, 2.45) is 0 Å². The number of rotatable bonds is 6. The van der Waals surface area contributed by atoms with E-state index in [1.165, 1.54) is 6.20 Å². The first-order chi connectivity index (χ1) is 7.74. The van der Waals surface area contributed by atoms with E-state index in [1.54, 1.807) is 19.4 Å². The number of ether oxygens (including phenoxy) is 1. The van der Waals surface area contributed by atoms with Crippen LogP contribution in [0.1, 0.15) is 0 Å². The first kappa shape index (κ1) is 12.3. The van der Waals surface area contributed by atoms with Crippen molar-refractivity contribution >= 4 is 17.3 Å². The molecule has 0 aromatic carbocycles. The van der Waals surface area contributed by atoms with Crippen molar-refractivity contribution in [1.82, 2.24) is 10.3 Å². The van der Waals surface area contributed by atoms with Crippen LogP contribution in [0.15, 0.2) is 18.5 Å². The minimum absolute atomic E-state index is 0.103. The van der Waals surface area contributed by atoms with Gasteiger partial charge in [0.15, 0.2) is 0 Å². The quantitative estimate of drug-likeness (QED) is 0.584. The lowest BCUT2D eigenvalue weighted by molar-refractivity contribution is -0.119. The van der Waals surface area contributed by atoms with E-state index in [1.807, 2.05) is 0 Å². The van der Waals surface area contributed by atoms with Gasteiger partial charge in [-0.2, -0.15) is 0 Å². The Morgan fingerprint density at radius 1 is 1.62 bits per heavy atom. The van der Waals surface area contributed by atoms with Gasteiger partial charge in [0.05, 0.1) is 30.7 Å². The molecule has 0 saturated carbocycles. The molecule has 0 aliphatic heterocycles. The van der Waals surface area contributed by atoms with Crippen LogP contribution in [0.3, 0.4) is 0 Å². The maximum absolute atomic E-state index is 11.3. The molecule has 1 amide bonds. The van der Waals surface area contributed by atoms with Crippen molar-refractivity contribution in [2.75, 3.05) is 37.9 Å². The summed E-state index contributed by atoms with van der Waals surface area (Å²) in [6, 6.07) is 1.72. The van der Waals surface area contributed by atoms with Gasteiger partial charge in [-0.05, 0) is 6.07 Å². The lowest BCUT2D eigenvalue weighted by Gasteiger charge is -2.08. The monoisotopic (exact) mass is 224 g/mol. The van der Waals surface area contributed by atoms with Gasteiger partial charge in [0.2, 0.25) is 5.91 Å². The highest BCUT2D eigenvalue weighted by Crippen LogP contribution is 2.14. The Morgan fingerprint density at radius 3 is 3.12 bits per heavy atom. The third kappa shape index (κ3) is 4.14. The summed E-state index contributed by atoms with van der Waals surface area (Å²) in [5.41, 5.74) is 6.88. The Kier molecular flexibility index (Phi) is 5.07. The number of nitrogens with zero attached hydrogens (tertiary/aromatic N) is 1. The molecule has 1 aromatic heterocycles. The van der Waals surface area contributed by atoms with Crippen LogP contribution in [-0.4, -0.2) is 37.7 Å².